The van der Waals surface area contributed by atoms with Crippen LogP contribution in [-0.4, -0.2) is 18.5 Å². The van der Waals surface area contributed by atoms with Crippen LogP contribution in [0.5, 0.6) is 0 Å². The second-order valence-corrected chi connectivity index (χ2v) is 3.46. The molecule has 0 aromatic heterocycles. The first-order valence-electron chi connectivity index (χ1n) is 3.34. The van der Waals surface area contributed by atoms with Crippen molar-refractivity contribution in [1.82, 2.24) is 0 Å². The fourth-order valence-electron chi connectivity index (χ4n) is 1.73. The first-order chi connectivity index (χ1) is 4.20. The van der Waals surface area contributed by atoms with Gasteiger partial charge in [-0.2, -0.15) is 0 Å². The molecule has 1 aliphatic heterocycles. The number of carbonyl (C=O) groups is 1. The Hall–Kier alpha value is -0.370. The summed E-state index contributed by atoms with van der Waals surface area (Å²) in [7, 11) is 0. The highest BCUT2D eigenvalue weighted by atomic mass is 16.5. The van der Waals surface area contributed by atoms with E-state index in [0.29, 0.717) is 5.78 Å². The number of hydrogen-bond donors (Lipinski definition) is 0. The van der Waals surface area contributed by atoms with Crippen LogP contribution in [0.15, 0.2) is 0 Å². The number of carbonyl (C=O) groups excluding carboxylic acids is 1. The van der Waals surface area contributed by atoms with Crippen LogP contribution < -0.4 is 0 Å². The molecule has 1 saturated carbocycles. The van der Waals surface area contributed by atoms with Crippen molar-refractivity contribution in [3.05, 3.63) is 0 Å². The minimum atomic E-state index is -0.0324. The Morgan fingerprint density at radius 3 is 2.78 bits per heavy atom. The molecule has 2 rings (SSSR count). The molecule has 0 aromatic rings. The third kappa shape index (κ3) is 0.628. The molecule has 2 aliphatic rings. The number of ketones is 1. The lowest BCUT2D eigenvalue weighted by Crippen LogP contribution is -2.23. The van der Waals surface area contributed by atoms with E-state index >= 15 is 0 Å². The van der Waals surface area contributed by atoms with Gasteiger partial charge in [-0.05, 0) is 6.42 Å². The van der Waals surface area contributed by atoms with Crippen LogP contribution >= 0.6 is 0 Å². The monoisotopic (exact) mass is 126 g/mol. The minimum absolute atomic E-state index is 0.0324. The van der Waals surface area contributed by atoms with Crippen LogP contribution in [0, 0.1) is 5.41 Å². The molecule has 0 spiro atoms. The molecule has 1 saturated heterocycles. The van der Waals surface area contributed by atoms with Crippen LogP contribution in [0.4, 0.5) is 0 Å². The maximum Gasteiger partial charge on any atom is 0.162 e. The molecule has 2 heteroatoms. The quantitative estimate of drug-likeness (QED) is 0.479. The van der Waals surface area contributed by atoms with Crippen molar-refractivity contribution >= 4 is 5.78 Å². The molecule has 0 N–H and O–H groups in total. The van der Waals surface area contributed by atoms with Gasteiger partial charge in [0.15, 0.2) is 5.78 Å². The number of fused-ring (bicyclic) bond motifs is 2. The fraction of sp³-hybridized carbons (Fsp3) is 0.857. The summed E-state index contributed by atoms with van der Waals surface area (Å²) in [6.45, 7) is 2.92. The summed E-state index contributed by atoms with van der Waals surface area (Å²) < 4.78 is 5.22. The SMILES string of the molecule is CC12COC(C1)C(=O)C2. The van der Waals surface area contributed by atoms with Crippen molar-refractivity contribution in [2.24, 2.45) is 5.41 Å². The van der Waals surface area contributed by atoms with E-state index in [4.69, 9.17) is 4.74 Å². The molecule has 0 aromatic carbocycles. The topological polar surface area (TPSA) is 26.3 Å². The van der Waals surface area contributed by atoms with E-state index < -0.39 is 0 Å². The molecule has 1 heterocycles. The average molecular weight is 126 g/mol. The van der Waals surface area contributed by atoms with Crippen molar-refractivity contribution in [2.45, 2.75) is 25.9 Å². The molecule has 2 fully saturated rings. The predicted molar refractivity (Wildman–Crippen MR) is 32.1 cm³/mol. The zero-order chi connectivity index (χ0) is 6.48. The highest BCUT2D eigenvalue weighted by molar-refractivity contribution is 5.87. The van der Waals surface area contributed by atoms with Gasteiger partial charge in [0, 0.05) is 11.8 Å². The summed E-state index contributed by atoms with van der Waals surface area (Å²) in [5, 5.41) is 0. The van der Waals surface area contributed by atoms with E-state index in [-0.39, 0.29) is 11.5 Å². The largest absolute Gasteiger partial charge is 0.370 e. The zero-order valence-corrected chi connectivity index (χ0v) is 5.52. The van der Waals surface area contributed by atoms with Gasteiger partial charge in [-0.3, -0.25) is 4.79 Å². The van der Waals surface area contributed by atoms with Crippen molar-refractivity contribution < 1.29 is 9.53 Å². The number of hydrogen-bond acceptors (Lipinski definition) is 2. The Bertz CT molecular complexity index is 164. The Labute approximate surface area is 54.2 Å². The third-order valence-electron chi connectivity index (χ3n) is 2.27. The summed E-state index contributed by atoms with van der Waals surface area (Å²) in [5.74, 6) is 0.309. The van der Waals surface area contributed by atoms with Gasteiger partial charge in [-0.15, -0.1) is 0 Å². The van der Waals surface area contributed by atoms with Crippen molar-refractivity contribution in [2.75, 3.05) is 6.61 Å². The Kier molecular flexibility index (Phi) is 0.826. The average Bonchev–Trinajstić information content (AvgIpc) is 2.20. The predicted octanol–water partition coefficient (Wildman–Crippen LogP) is 0.754. The molecule has 2 bridgehead atoms. The van der Waals surface area contributed by atoms with Crippen LogP contribution in [0.25, 0.3) is 0 Å². The molecule has 9 heavy (non-hydrogen) atoms. The third-order valence-corrected chi connectivity index (χ3v) is 2.27. The molecule has 2 unspecified atom stereocenters. The number of rotatable bonds is 0. The lowest BCUT2D eigenvalue weighted by atomic mass is 9.91. The first kappa shape index (κ1) is 5.42. The highest BCUT2D eigenvalue weighted by Gasteiger charge is 2.48. The van der Waals surface area contributed by atoms with Crippen LogP contribution in [0.2, 0.25) is 0 Å². The molecule has 2 nitrogen and oxygen atoms in total. The zero-order valence-electron chi connectivity index (χ0n) is 5.52. The summed E-state index contributed by atoms with van der Waals surface area (Å²) in [5.41, 5.74) is 0.210. The van der Waals surface area contributed by atoms with E-state index in [9.17, 15) is 4.79 Å². The smallest absolute Gasteiger partial charge is 0.162 e. The number of Topliss-reactive ketones (excluding diaryl/α,β-unsaturated/α-hetero) is 1. The highest BCUT2D eigenvalue weighted by Crippen LogP contribution is 2.43. The van der Waals surface area contributed by atoms with E-state index in [1.54, 1.807) is 0 Å². The van der Waals surface area contributed by atoms with Gasteiger partial charge in [0.1, 0.15) is 6.10 Å². The van der Waals surface area contributed by atoms with Gasteiger partial charge in [-0.1, -0.05) is 6.92 Å². The van der Waals surface area contributed by atoms with Crippen molar-refractivity contribution in [1.29, 1.82) is 0 Å². The van der Waals surface area contributed by atoms with Crippen LogP contribution in [0.1, 0.15) is 19.8 Å². The van der Waals surface area contributed by atoms with Gasteiger partial charge in [0.05, 0.1) is 6.61 Å². The van der Waals surface area contributed by atoms with Gasteiger partial charge in [0.25, 0.3) is 0 Å². The lowest BCUT2D eigenvalue weighted by Gasteiger charge is -2.17. The molecule has 1 aliphatic carbocycles. The maximum absolute atomic E-state index is 10.9. The van der Waals surface area contributed by atoms with Crippen LogP contribution in [0.3, 0.4) is 0 Å². The molecule has 0 amide bonds. The van der Waals surface area contributed by atoms with Gasteiger partial charge in [-0.25, -0.2) is 0 Å². The molecular formula is C7H10O2. The lowest BCUT2D eigenvalue weighted by molar-refractivity contribution is -0.130. The summed E-state index contributed by atoms with van der Waals surface area (Å²) in [4.78, 5) is 10.9. The first-order valence-corrected chi connectivity index (χ1v) is 3.34. The molecular weight excluding hydrogens is 116 g/mol. The van der Waals surface area contributed by atoms with Crippen LogP contribution in [-0.2, 0) is 9.53 Å². The second-order valence-electron chi connectivity index (χ2n) is 3.46. The standard InChI is InChI=1S/C7H10O2/c1-7-2-5(8)6(3-7)9-4-7/h6H,2-4H2,1H3. The maximum atomic E-state index is 10.9. The normalized spacial score (nSPS) is 48.6. The summed E-state index contributed by atoms with van der Waals surface area (Å²) in [6, 6.07) is 0. The second kappa shape index (κ2) is 1.37. The summed E-state index contributed by atoms with van der Waals surface area (Å²) in [6.07, 6.45) is 1.68. The Morgan fingerprint density at radius 2 is 2.56 bits per heavy atom. The molecule has 50 valence electrons. The molecule has 2 atom stereocenters. The van der Waals surface area contributed by atoms with Gasteiger partial charge >= 0.3 is 0 Å². The van der Waals surface area contributed by atoms with E-state index in [1.807, 2.05) is 0 Å². The Balaban J connectivity index is 2.28. The number of ether oxygens (including phenoxy) is 1. The van der Waals surface area contributed by atoms with E-state index in [2.05, 4.69) is 6.92 Å². The van der Waals surface area contributed by atoms with E-state index in [0.717, 1.165) is 19.4 Å². The fourth-order valence-corrected chi connectivity index (χ4v) is 1.73. The van der Waals surface area contributed by atoms with E-state index in [1.165, 1.54) is 0 Å². The molecule has 0 radical (unpaired) electrons. The Morgan fingerprint density at radius 1 is 1.78 bits per heavy atom. The van der Waals surface area contributed by atoms with Crippen molar-refractivity contribution in [3.63, 3.8) is 0 Å². The summed E-state index contributed by atoms with van der Waals surface area (Å²) >= 11 is 0. The van der Waals surface area contributed by atoms with Gasteiger partial charge < -0.3 is 4.74 Å². The van der Waals surface area contributed by atoms with Gasteiger partial charge in [0.2, 0.25) is 0 Å². The minimum Gasteiger partial charge on any atom is -0.370 e. The van der Waals surface area contributed by atoms with Crippen molar-refractivity contribution in [3.8, 4) is 0 Å².